The first kappa shape index (κ1) is 9.59. The van der Waals surface area contributed by atoms with E-state index in [2.05, 4.69) is 22.2 Å². The van der Waals surface area contributed by atoms with E-state index in [1.54, 1.807) is 0 Å². The third kappa shape index (κ3) is 2.51. The molecule has 1 aliphatic rings. The Hall–Kier alpha value is -0.960. The fourth-order valence-electron chi connectivity index (χ4n) is 1.49. The monoisotopic (exact) mass is 191 g/mol. The first-order valence-electron chi connectivity index (χ1n) is 5.17. The van der Waals surface area contributed by atoms with E-state index in [-0.39, 0.29) is 0 Å². The number of hydrogen-bond acceptors (Lipinski definition) is 3. The van der Waals surface area contributed by atoms with Crippen LogP contribution in [-0.2, 0) is 6.54 Å². The van der Waals surface area contributed by atoms with E-state index in [1.165, 1.54) is 12.8 Å². The van der Waals surface area contributed by atoms with Crippen LogP contribution in [0, 0.1) is 12.3 Å². The summed E-state index contributed by atoms with van der Waals surface area (Å²) in [6.07, 6.45) is 4.55. The predicted octanol–water partition coefficient (Wildman–Crippen LogP) is 1.67. The molecule has 3 nitrogen and oxygen atoms in total. The lowest BCUT2D eigenvalue weighted by Gasteiger charge is -2.09. The SMILES string of the molecule is Cc1nccc(CNCC2(C)CC2)n1. The summed E-state index contributed by atoms with van der Waals surface area (Å²) in [7, 11) is 0. The van der Waals surface area contributed by atoms with E-state index in [9.17, 15) is 0 Å². The molecule has 0 radical (unpaired) electrons. The maximum atomic E-state index is 4.34. The van der Waals surface area contributed by atoms with Crippen molar-refractivity contribution in [3.05, 3.63) is 23.8 Å². The van der Waals surface area contributed by atoms with Crippen LogP contribution in [0.5, 0.6) is 0 Å². The molecule has 0 atom stereocenters. The molecule has 1 aromatic heterocycles. The summed E-state index contributed by atoms with van der Waals surface area (Å²) in [6.45, 7) is 6.21. The van der Waals surface area contributed by atoms with Crippen molar-refractivity contribution in [2.75, 3.05) is 6.54 Å². The zero-order valence-corrected chi connectivity index (χ0v) is 8.88. The Balaban J connectivity index is 1.80. The van der Waals surface area contributed by atoms with Crippen LogP contribution < -0.4 is 5.32 Å². The van der Waals surface area contributed by atoms with Gasteiger partial charge in [-0.2, -0.15) is 0 Å². The zero-order chi connectivity index (χ0) is 10.0. The number of nitrogens with zero attached hydrogens (tertiary/aromatic N) is 2. The topological polar surface area (TPSA) is 37.8 Å². The van der Waals surface area contributed by atoms with Crippen LogP contribution in [0.15, 0.2) is 12.3 Å². The number of hydrogen-bond donors (Lipinski definition) is 1. The lowest BCUT2D eigenvalue weighted by Crippen LogP contribution is -2.22. The second-order valence-electron chi connectivity index (χ2n) is 4.51. The van der Waals surface area contributed by atoms with Crippen molar-refractivity contribution >= 4 is 0 Å². The van der Waals surface area contributed by atoms with Gasteiger partial charge in [-0.1, -0.05) is 6.92 Å². The van der Waals surface area contributed by atoms with Crippen LogP contribution in [0.3, 0.4) is 0 Å². The Labute approximate surface area is 85.0 Å². The molecule has 1 N–H and O–H groups in total. The molecule has 0 aromatic carbocycles. The number of aromatic nitrogens is 2. The van der Waals surface area contributed by atoms with Gasteiger partial charge in [0.15, 0.2) is 0 Å². The maximum absolute atomic E-state index is 4.34. The summed E-state index contributed by atoms with van der Waals surface area (Å²) in [4.78, 5) is 8.41. The van der Waals surface area contributed by atoms with Gasteiger partial charge in [0.1, 0.15) is 5.82 Å². The average molecular weight is 191 g/mol. The molecule has 0 amide bonds. The highest BCUT2D eigenvalue weighted by Crippen LogP contribution is 2.44. The number of aryl methyl sites for hydroxylation is 1. The Kier molecular flexibility index (Phi) is 2.50. The second kappa shape index (κ2) is 3.65. The van der Waals surface area contributed by atoms with Crippen molar-refractivity contribution in [1.82, 2.24) is 15.3 Å². The number of rotatable bonds is 4. The minimum absolute atomic E-state index is 0.572. The van der Waals surface area contributed by atoms with Crippen molar-refractivity contribution in [3.63, 3.8) is 0 Å². The van der Waals surface area contributed by atoms with Gasteiger partial charge >= 0.3 is 0 Å². The van der Waals surface area contributed by atoms with Crippen LogP contribution in [0.2, 0.25) is 0 Å². The largest absolute Gasteiger partial charge is 0.311 e. The highest BCUT2D eigenvalue weighted by atomic mass is 14.9. The highest BCUT2D eigenvalue weighted by molar-refractivity contribution is 5.01. The molecular weight excluding hydrogens is 174 g/mol. The maximum Gasteiger partial charge on any atom is 0.125 e. The molecule has 1 heterocycles. The average Bonchev–Trinajstić information content (AvgIpc) is 2.84. The summed E-state index contributed by atoms with van der Waals surface area (Å²) < 4.78 is 0. The molecule has 2 rings (SSSR count). The van der Waals surface area contributed by atoms with Crippen molar-refractivity contribution in [2.24, 2.45) is 5.41 Å². The Morgan fingerprint density at radius 1 is 1.50 bits per heavy atom. The lowest BCUT2D eigenvalue weighted by molar-refractivity contribution is 0.496. The fourth-order valence-corrected chi connectivity index (χ4v) is 1.49. The van der Waals surface area contributed by atoms with Gasteiger partial charge < -0.3 is 5.32 Å². The van der Waals surface area contributed by atoms with Gasteiger partial charge in [-0.25, -0.2) is 9.97 Å². The minimum Gasteiger partial charge on any atom is -0.311 e. The van der Waals surface area contributed by atoms with Crippen LogP contribution in [0.25, 0.3) is 0 Å². The molecule has 76 valence electrons. The molecule has 1 saturated carbocycles. The first-order valence-corrected chi connectivity index (χ1v) is 5.17. The zero-order valence-electron chi connectivity index (χ0n) is 8.88. The normalized spacial score (nSPS) is 18.1. The molecule has 3 heteroatoms. The van der Waals surface area contributed by atoms with Gasteiger partial charge in [-0.3, -0.25) is 0 Å². The Morgan fingerprint density at radius 3 is 2.93 bits per heavy atom. The Bertz CT molecular complexity index is 318. The number of nitrogens with one attached hydrogen (secondary N) is 1. The third-order valence-corrected chi connectivity index (χ3v) is 2.80. The van der Waals surface area contributed by atoms with Gasteiger partial charge in [0, 0.05) is 19.3 Å². The minimum atomic E-state index is 0.572. The molecule has 1 aliphatic carbocycles. The standard InChI is InChI=1S/C11H17N3/c1-9-13-6-3-10(14-9)7-12-8-11(2)4-5-11/h3,6,12H,4-5,7-8H2,1-2H3. The highest BCUT2D eigenvalue weighted by Gasteiger charge is 2.36. The summed E-state index contributed by atoms with van der Waals surface area (Å²) in [6, 6.07) is 1.97. The molecule has 1 aromatic rings. The molecule has 0 spiro atoms. The lowest BCUT2D eigenvalue weighted by atomic mass is 10.1. The quantitative estimate of drug-likeness (QED) is 0.786. The van der Waals surface area contributed by atoms with Crippen molar-refractivity contribution in [2.45, 2.75) is 33.2 Å². The van der Waals surface area contributed by atoms with Crippen LogP contribution in [0.1, 0.15) is 31.3 Å². The van der Waals surface area contributed by atoms with Crippen molar-refractivity contribution in [3.8, 4) is 0 Å². The van der Waals surface area contributed by atoms with E-state index in [1.807, 2.05) is 19.2 Å². The van der Waals surface area contributed by atoms with E-state index in [4.69, 9.17) is 0 Å². The third-order valence-electron chi connectivity index (χ3n) is 2.80. The van der Waals surface area contributed by atoms with E-state index < -0.39 is 0 Å². The summed E-state index contributed by atoms with van der Waals surface area (Å²) in [5.74, 6) is 0.849. The van der Waals surface area contributed by atoms with Gasteiger partial charge in [0.05, 0.1) is 5.69 Å². The van der Waals surface area contributed by atoms with Gasteiger partial charge in [-0.15, -0.1) is 0 Å². The molecule has 0 saturated heterocycles. The van der Waals surface area contributed by atoms with Crippen molar-refractivity contribution in [1.29, 1.82) is 0 Å². The summed E-state index contributed by atoms with van der Waals surface area (Å²) >= 11 is 0. The molecule has 0 unspecified atom stereocenters. The molecule has 14 heavy (non-hydrogen) atoms. The van der Waals surface area contributed by atoms with E-state index in [0.717, 1.165) is 24.6 Å². The summed E-state index contributed by atoms with van der Waals surface area (Å²) in [5.41, 5.74) is 1.66. The predicted molar refractivity (Wildman–Crippen MR) is 55.8 cm³/mol. The molecule has 0 bridgehead atoms. The second-order valence-corrected chi connectivity index (χ2v) is 4.51. The van der Waals surface area contributed by atoms with E-state index in [0.29, 0.717) is 5.41 Å². The van der Waals surface area contributed by atoms with Crippen LogP contribution >= 0.6 is 0 Å². The fraction of sp³-hybridized carbons (Fsp3) is 0.636. The Morgan fingerprint density at radius 2 is 2.29 bits per heavy atom. The van der Waals surface area contributed by atoms with Gasteiger partial charge in [0.2, 0.25) is 0 Å². The molecular formula is C11H17N3. The summed E-state index contributed by atoms with van der Waals surface area (Å²) in [5, 5.41) is 3.44. The van der Waals surface area contributed by atoms with Crippen molar-refractivity contribution < 1.29 is 0 Å². The van der Waals surface area contributed by atoms with Gasteiger partial charge in [0.25, 0.3) is 0 Å². The van der Waals surface area contributed by atoms with Gasteiger partial charge in [-0.05, 0) is 31.2 Å². The molecule has 1 fully saturated rings. The van der Waals surface area contributed by atoms with Crippen LogP contribution in [-0.4, -0.2) is 16.5 Å². The first-order chi connectivity index (χ1) is 6.68. The smallest absolute Gasteiger partial charge is 0.125 e. The van der Waals surface area contributed by atoms with Crippen LogP contribution in [0.4, 0.5) is 0 Å². The van der Waals surface area contributed by atoms with E-state index >= 15 is 0 Å². The molecule has 0 aliphatic heterocycles.